The van der Waals surface area contributed by atoms with Crippen LogP contribution in [0.2, 0.25) is 0 Å². The molecule has 0 aliphatic carbocycles. The van der Waals surface area contributed by atoms with E-state index in [1.165, 1.54) is 0 Å². The molecule has 2 saturated heterocycles. The largest absolute Gasteiger partial charge is 0.490 e. The average molecular weight is 555 g/mol. The highest BCUT2D eigenvalue weighted by atomic mass is 19.4. The first-order chi connectivity index (χ1) is 17.6. The van der Waals surface area contributed by atoms with Crippen molar-refractivity contribution in [3.8, 4) is 5.88 Å². The van der Waals surface area contributed by atoms with Crippen LogP contribution in [-0.4, -0.2) is 88.5 Å². The third-order valence-electron chi connectivity index (χ3n) is 5.50. The molecule has 4 heterocycles. The molecule has 2 aromatic rings. The molecule has 2 atom stereocenters. The average Bonchev–Trinajstić information content (AvgIpc) is 3.56. The molecule has 2 aliphatic rings. The number of furan rings is 1. The molecule has 0 unspecified atom stereocenters. The van der Waals surface area contributed by atoms with Gasteiger partial charge in [-0.1, -0.05) is 6.07 Å². The van der Waals surface area contributed by atoms with Gasteiger partial charge in [0.1, 0.15) is 0 Å². The number of fused-ring (bicyclic) bond motifs is 1. The van der Waals surface area contributed by atoms with E-state index in [0.29, 0.717) is 23.5 Å². The number of aromatic nitrogens is 1. The molecule has 210 valence electrons. The minimum Gasteiger partial charge on any atom is -0.481 e. The van der Waals surface area contributed by atoms with Gasteiger partial charge < -0.3 is 24.3 Å². The number of methoxy groups -OCH3 is 1. The molecule has 38 heavy (non-hydrogen) atoms. The molecule has 1 amide bonds. The second kappa shape index (κ2) is 12.6. The van der Waals surface area contributed by atoms with Gasteiger partial charge in [-0.05, 0) is 30.0 Å². The predicted octanol–water partition coefficient (Wildman–Crippen LogP) is 3.15. The fraction of sp³-hybridized carbons (Fsp3) is 0.455. The number of carbonyl (C=O) groups excluding carboxylic acids is 1. The van der Waals surface area contributed by atoms with Crippen molar-refractivity contribution in [3.05, 3.63) is 48.0 Å². The second-order valence-electron chi connectivity index (χ2n) is 8.18. The van der Waals surface area contributed by atoms with Crippen LogP contribution in [0.3, 0.4) is 0 Å². The Morgan fingerprint density at radius 3 is 1.92 bits per heavy atom. The summed E-state index contributed by atoms with van der Waals surface area (Å²) in [6, 6.07) is 7.50. The fourth-order valence-electron chi connectivity index (χ4n) is 3.91. The number of amides is 1. The van der Waals surface area contributed by atoms with Crippen LogP contribution in [-0.2, 0) is 16.1 Å². The van der Waals surface area contributed by atoms with Crippen molar-refractivity contribution in [1.82, 2.24) is 14.8 Å². The Labute approximate surface area is 211 Å². The van der Waals surface area contributed by atoms with E-state index in [4.69, 9.17) is 29.0 Å². The molecule has 16 heteroatoms. The van der Waals surface area contributed by atoms with Gasteiger partial charge in [0.05, 0.1) is 13.4 Å². The molecule has 2 aromatic heterocycles. The summed E-state index contributed by atoms with van der Waals surface area (Å²) < 4.78 is 74.0. The molecule has 10 nitrogen and oxygen atoms in total. The number of nitrogens with zero attached hydrogens (tertiary/aromatic N) is 3. The highest BCUT2D eigenvalue weighted by Gasteiger charge is 2.42. The number of carboxylic acid groups (broad SMARTS) is 2. The number of carboxylic acids is 2. The number of halogens is 6. The van der Waals surface area contributed by atoms with E-state index < -0.39 is 24.3 Å². The van der Waals surface area contributed by atoms with E-state index in [0.717, 1.165) is 38.3 Å². The molecule has 2 aliphatic heterocycles. The molecular formula is C22H23F6N3O7. The number of hydrogen-bond acceptors (Lipinski definition) is 7. The van der Waals surface area contributed by atoms with Crippen LogP contribution in [0.5, 0.6) is 5.88 Å². The Morgan fingerprint density at radius 1 is 0.974 bits per heavy atom. The zero-order valence-electron chi connectivity index (χ0n) is 19.7. The number of alkyl halides is 6. The molecule has 0 spiro atoms. The number of aliphatic carboxylic acids is 2. The van der Waals surface area contributed by atoms with E-state index in [1.807, 2.05) is 11.0 Å². The van der Waals surface area contributed by atoms with Crippen LogP contribution in [0.1, 0.15) is 16.1 Å². The summed E-state index contributed by atoms with van der Waals surface area (Å²) in [4.78, 5) is 38.8. The molecular weight excluding hydrogens is 532 g/mol. The van der Waals surface area contributed by atoms with Gasteiger partial charge in [-0.3, -0.25) is 9.69 Å². The summed E-state index contributed by atoms with van der Waals surface area (Å²) in [5, 5.41) is 14.2. The Morgan fingerprint density at radius 2 is 1.50 bits per heavy atom. The zero-order chi connectivity index (χ0) is 28.7. The first-order valence-corrected chi connectivity index (χ1v) is 10.8. The Balaban J connectivity index is 0.000000301. The normalized spacial score (nSPS) is 19.0. The molecule has 0 aromatic carbocycles. The van der Waals surface area contributed by atoms with E-state index in [1.54, 1.807) is 31.7 Å². The number of rotatable bonds is 4. The van der Waals surface area contributed by atoms with Crippen LogP contribution in [0, 0.1) is 11.8 Å². The molecule has 4 rings (SSSR count). The summed E-state index contributed by atoms with van der Waals surface area (Å²) in [6.07, 6.45) is -6.87. The van der Waals surface area contributed by atoms with Crippen LogP contribution in [0.25, 0.3) is 0 Å². The lowest BCUT2D eigenvalue weighted by Gasteiger charge is -2.21. The third kappa shape index (κ3) is 8.64. The van der Waals surface area contributed by atoms with Crippen molar-refractivity contribution >= 4 is 17.8 Å². The van der Waals surface area contributed by atoms with Gasteiger partial charge >= 0.3 is 24.3 Å². The standard InChI is InChI=1S/C18H21N3O3.2C2HF3O2/c1-23-17-13(4-2-6-19-17)8-20-9-14-11-21(12-15(14)10-20)18(22)16-5-3-7-24-16;2*3-2(4,5)1(6)7/h2-7,14-15H,8-12H2,1H3;2*(H,6,7)/t14-,15+;;. The van der Waals surface area contributed by atoms with Crippen LogP contribution < -0.4 is 4.74 Å². The minimum atomic E-state index is -5.08. The van der Waals surface area contributed by atoms with Crippen molar-refractivity contribution in [3.63, 3.8) is 0 Å². The lowest BCUT2D eigenvalue weighted by molar-refractivity contribution is -0.193. The quantitative estimate of drug-likeness (QED) is 0.546. The van der Waals surface area contributed by atoms with Gasteiger partial charge in [-0.25, -0.2) is 14.6 Å². The molecule has 0 saturated carbocycles. The maximum absolute atomic E-state index is 12.4. The van der Waals surface area contributed by atoms with Crippen molar-refractivity contribution < 1.29 is 60.1 Å². The van der Waals surface area contributed by atoms with E-state index in [2.05, 4.69) is 16.0 Å². The highest BCUT2D eigenvalue weighted by Crippen LogP contribution is 2.33. The first kappa shape index (κ1) is 30.4. The summed E-state index contributed by atoms with van der Waals surface area (Å²) in [6.45, 7) is 4.47. The number of hydrogen-bond donors (Lipinski definition) is 2. The third-order valence-corrected chi connectivity index (χ3v) is 5.50. The smallest absolute Gasteiger partial charge is 0.481 e. The van der Waals surface area contributed by atoms with Gasteiger partial charge in [0, 0.05) is 44.5 Å². The highest BCUT2D eigenvalue weighted by molar-refractivity contribution is 5.91. The topological polar surface area (TPSA) is 133 Å². The summed E-state index contributed by atoms with van der Waals surface area (Å²) in [7, 11) is 1.66. The second-order valence-corrected chi connectivity index (χ2v) is 8.18. The SMILES string of the molecule is COc1ncccc1CN1C[C@@H]2CN(C(=O)c3ccco3)C[C@@H]2C1.O=C(O)C(F)(F)F.O=C(O)C(F)(F)F. The summed E-state index contributed by atoms with van der Waals surface area (Å²) in [5.41, 5.74) is 1.11. The van der Waals surface area contributed by atoms with Crippen molar-refractivity contribution in [1.29, 1.82) is 0 Å². The lowest BCUT2D eigenvalue weighted by atomic mass is 10.0. The van der Waals surface area contributed by atoms with E-state index in [9.17, 15) is 31.1 Å². The molecule has 0 radical (unpaired) electrons. The number of ether oxygens (including phenoxy) is 1. The molecule has 2 N–H and O–H groups in total. The Bertz CT molecular complexity index is 1050. The fourth-order valence-corrected chi connectivity index (χ4v) is 3.91. The van der Waals surface area contributed by atoms with Gasteiger partial charge in [-0.15, -0.1) is 0 Å². The van der Waals surface area contributed by atoms with Crippen molar-refractivity contribution in [2.24, 2.45) is 11.8 Å². The predicted molar refractivity (Wildman–Crippen MR) is 115 cm³/mol. The monoisotopic (exact) mass is 555 g/mol. The zero-order valence-corrected chi connectivity index (χ0v) is 19.7. The van der Waals surface area contributed by atoms with Gasteiger partial charge in [0.25, 0.3) is 5.91 Å². The summed E-state index contributed by atoms with van der Waals surface area (Å²) in [5.74, 6) is -3.30. The van der Waals surface area contributed by atoms with Gasteiger partial charge in [0.15, 0.2) is 5.76 Å². The van der Waals surface area contributed by atoms with E-state index in [-0.39, 0.29) is 5.91 Å². The lowest BCUT2D eigenvalue weighted by Crippen LogP contribution is -2.33. The first-order valence-electron chi connectivity index (χ1n) is 10.8. The van der Waals surface area contributed by atoms with Crippen LogP contribution in [0.4, 0.5) is 26.3 Å². The Hall–Kier alpha value is -3.82. The maximum Gasteiger partial charge on any atom is 0.490 e. The van der Waals surface area contributed by atoms with Gasteiger partial charge in [0.2, 0.25) is 5.88 Å². The van der Waals surface area contributed by atoms with Crippen molar-refractivity contribution in [2.45, 2.75) is 18.9 Å². The van der Waals surface area contributed by atoms with Crippen LogP contribution >= 0.6 is 0 Å². The van der Waals surface area contributed by atoms with Gasteiger partial charge in [-0.2, -0.15) is 26.3 Å². The number of pyridine rings is 1. The maximum atomic E-state index is 12.4. The van der Waals surface area contributed by atoms with Crippen molar-refractivity contribution in [2.75, 3.05) is 33.3 Å². The molecule has 2 fully saturated rings. The number of likely N-dealkylation sites (tertiary alicyclic amines) is 2. The van der Waals surface area contributed by atoms with Crippen LogP contribution in [0.15, 0.2) is 41.1 Å². The number of carbonyl (C=O) groups is 3. The summed E-state index contributed by atoms with van der Waals surface area (Å²) >= 11 is 0. The Kier molecular flexibility index (Phi) is 10.1. The van der Waals surface area contributed by atoms with E-state index >= 15 is 0 Å². The molecule has 0 bridgehead atoms. The minimum absolute atomic E-state index is 0.00915.